The van der Waals surface area contributed by atoms with Gasteiger partial charge in [-0.15, -0.1) is 0 Å². The zero-order chi connectivity index (χ0) is 15.9. The summed E-state index contributed by atoms with van der Waals surface area (Å²) in [4.78, 5) is 6.34. The topological polar surface area (TPSA) is 83.0 Å². The number of halogens is 1. The molecule has 0 amide bonds. The normalized spacial score (nSPS) is 22.7. The van der Waals surface area contributed by atoms with Crippen molar-refractivity contribution in [2.24, 2.45) is 0 Å². The second kappa shape index (κ2) is 5.95. The van der Waals surface area contributed by atoms with E-state index in [0.29, 0.717) is 42.9 Å². The smallest absolute Gasteiger partial charge is 0.248 e. The number of hydrogen-bond acceptors (Lipinski definition) is 6. The molecule has 1 aromatic rings. The van der Waals surface area contributed by atoms with E-state index in [9.17, 15) is 13.5 Å². The first kappa shape index (κ1) is 16.0. The van der Waals surface area contributed by atoms with Crippen LogP contribution in [0.2, 0.25) is 0 Å². The highest BCUT2D eigenvalue weighted by Gasteiger charge is 2.34. The van der Waals surface area contributed by atoms with E-state index in [1.54, 1.807) is 6.07 Å². The average Bonchev–Trinajstić information content (AvgIpc) is 2.82. The maximum Gasteiger partial charge on any atom is 0.248 e. The van der Waals surface area contributed by atoms with E-state index in [4.69, 9.17) is 4.74 Å². The Labute approximate surface area is 138 Å². The Morgan fingerprint density at radius 2 is 2.14 bits per heavy atom. The van der Waals surface area contributed by atoms with Crippen molar-refractivity contribution in [3.63, 3.8) is 0 Å². The molecule has 22 heavy (non-hydrogen) atoms. The van der Waals surface area contributed by atoms with Crippen LogP contribution in [0.25, 0.3) is 0 Å². The van der Waals surface area contributed by atoms with E-state index in [0.717, 1.165) is 6.42 Å². The van der Waals surface area contributed by atoms with Crippen LogP contribution in [-0.2, 0) is 10.0 Å². The molecule has 3 heterocycles. The van der Waals surface area contributed by atoms with Crippen LogP contribution in [0.4, 0.5) is 5.82 Å². The van der Waals surface area contributed by atoms with Crippen LogP contribution in [0.1, 0.15) is 12.8 Å². The first-order valence-electron chi connectivity index (χ1n) is 7.11. The second-order valence-corrected chi connectivity index (χ2v) is 8.21. The lowest BCUT2D eigenvalue weighted by Gasteiger charge is -2.30. The third kappa shape index (κ3) is 2.70. The molecule has 1 N–H and O–H groups in total. The predicted molar refractivity (Wildman–Crippen MR) is 84.7 cm³/mol. The fraction of sp³-hybridized carbons (Fsp3) is 0.615. The summed E-state index contributed by atoms with van der Waals surface area (Å²) in [7, 11) is -2.16. The van der Waals surface area contributed by atoms with Crippen LogP contribution in [0.5, 0.6) is 5.88 Å². The van der Waals surface area contributed by atoms with E-state index in [1.807, 2.05) is 4.90 Å². The highest BCUT2D eigenvalue weighted by atomic mass is 79.9. The van der Waals surface area contributed by atoms with Crippen LogP contribution >= 0.6 is 15.9 Å². The van der Waals surface area contributed by atoms with E-state index in [1.165, 1.54) is 11.4 Å². The molecule has 3 rings (SSSR count). The maximum absolute atomic E-state index is 12.6. The predicted octanol–water partition coefficient (Wildman–Crippen LogP) is 0.818. The summed E-state index contributed by atoms with van der Waals surface area (Å²) in [6, 6.07) is 1.54. The van der Waals surface area contributed by atoms with Gasteiger partial charge in [-0.1, -0.05) is 0 Å². The molecule has 9 heteroatoms. The number of pyridine rings is 1. The van der Waals surface area contributed by atoms with Gasteiger partial charge in [-0.25, -0.2) is 8.42 Å². The Morgan fingerprint density at radius 3 is 2.64 bits per heavy atom. The Hall–Kier alpha value is -0.900. The van der Waals surface area contributed by atoms with Gasteiger partial charge in [-0.2, -0.15) is 9.29 Å². The molecular weight excluding hydrogens is 374 g/mol. The zero-order valence-electron chi connectivity index (χ0n) is 12.2. The highest BCUT2D eigenvalue weighted by molar-refractivity contribution is 9.10. The van der Waals surface area contributed by atoms with Crippen molar-refractivity contribution >= 4 is 31.8 Å². The molecule has 0 unspecified atom stereocenters. The quantitative estimate of drug-likeness (QED) is 0.817. The average molecular weight is 392 g/mol. The molecule has 0 aromatic carbocycles. The maximum atomic E-state index is 12.6. The number of ether oxygens (including phenoxy) is 1. The molecular formula is C13H18BrN3O4S. The van der Waals surface area contributed by atoms with Gasteiger partial charge >= 0.3 is 0 Å². The van der Waals surface area contributed by atoms with E-state index < -0.39 is 10.0 Å². The third-order valence-corrected chi connectivity index (χ3v) is 6.46. The lowest BCUT2D eigenvalue weighted by molar-refractivity contribution is 0.198. The van der Waals surface area contributed by atoms with Gasteiger partial charge in [-0.05, 0) is 34.8 Å². The number of sulfonamides is 1. The molecule has 0 spiro atoms. The number of aliphatic hydroxyl groups is 1. The standard InChI is InChI=1S/C13H18BrN3O4S/c1-21-13-11(22(19,20)17-4-2-5-17)7-10(14)12(15-13)16-6-3-9(18)8-16/h7,9,18H,2-6,8H2,1H3/t9-/m0/s1. The van der Waals surface area contributed by atoms with Crippen LogP contribution in [-0.4, -0.2) is 62.2 Å². The van der Waals surface area contributed by atoms with Crippen molar-refractivity contribution in [3.8, 4) is 5.88 Å². The second-order valence-electron chi connectivity index (χ2n) is 5.45. The number of β-amino-alcohol motifs (C(OH)–C–C–N with tert-alkyl or cyclic N) is 1. The monoisotopic (exact) mass is 391 g/mol. The molecule has 2 aliphatic rings. The van der Waals surface area contributed by atoms with Crippen molar-refractivity contribution in [2.45, 2.75) is 23.8 Å². The number of rotatable bonds is 4. The summed E-state index contributed by atoms with van der Waals surface area (Å²) in [5.74, 6) is 0.683. The van der Waals surface area contributed by atoms with Crippen LogP contribution in [0.15, 0.2) is 15.4 Å². The lowest BCUT2D eigenvalue weighted by Crippen LogP contribution is -2.42. The first-order valence-corrected chi connectivity index (χ1v) is 9.34. The largest absolute Gasteiger partial charge is 0.480 e. The summed E-state index contributed by atoms with van der Waals surface area (Å²) in [6.45, 7) is 2.22. The van der Waals surface area contributed by atoms with Crippen molar-refractivity contribution < 1.29 is 18.3 Å². The van der Waals surface area contributed by atoms with E-state index >= 15 is 0 Å². The Bertz CT molecular complexity index is 678. The molecule has 0 aliphatic carbocycles. The lowest BCUT2D eigenvalue weighted by atomic mass is 10.3. The minimum Gasteiger partial charge on any atom is -0.480 e. The third-order valence-electron chi connectivity index (χ3n) is 3.98. The van der Waals surface area contributed by atoms with Gasteiger partial charge in [0.1, 0.15) is 10.7 Å². The molecule has 2 saturated heterocycles. The minimum atomic E-state index is -3.57. The molecule has 7 nitrogen and oxygen atoms in total. The number of aromatic nitrogens is 1. The van der Waals surface area contributed by atoms with Gasteiger partial charge in [0.2, 0.25) is 15.9 Å². The highest BCUT2D eigenvalue weighted by Crippen LogP contribution is 2.36. The van der Waals surface area contributed by atoms with Gasteiger partial charge in [0.15, 0.2) is 0 Å². The molecule has 0 radical (unpaired) electrons. The minimum absolute atomic E-state index is 0.0741. The van der Waals surface area contributed by atoms with Crippen molar-refractivity contribution in [3.05, 3.63) is 10.5 Å². The summed E-state index contributed by atoms with van der Waals surface area (Å²) in [5.41, 5.74) is 0. The van der Waals surface area contributed by atoms with E-state index in [-0.39, 0.29) is 16.9 Å². The van der Waals surface area contributed by atoms with Crippen LogP contribution < -0.4 is 9.64 Å². The SMILES string of the molecule is COc1nc(N2CC[C@H](O)C2)c(Br)cc1S(=O)(=O)N1CCC1. The molecule has 2 fully saturated rings. The van der Waals surface area contributed by atoms with Crippen LogP contribution in [0, 0.1) is 0 Å². The van der Waals surface area contributed by atoms with E-state index in [2.05, 4.69) is 20.9 Å². The van der Waals surface area contributed by atoms with Crippen LogP contribution in [0.3, 0.4) is 0 Å². The zero-order valence-corrected chi connectivity index (χ0v) is 14.6. The molecule has 2 aliphatic heterocycles. The molecule has 1 aromatic heterocycles. The van der Waals surface area contributed by atoms with Crippen molar-refractivity contribution in [1.82, 2.24) is 9.29 Å². The number of anilines is 1. The number of nitrogens with zero attached hydrogens (tertiary/aromatic N) is 3. The Morgan fingerprint density at radius 1 is 1.41 bits per heavy atom. The summed E-state index contributed by atoms with van der Waals surface area (Å²) in [5, 5.41) is 9.66. The first-order chi connectivity index (χ1) is 10.4. The number of hydrogen-bond donors (Lipinski definition) is 1. The van der Waals surface area contributed by atoms with Gasteiger partial charge < -0.3 is 14.7 Å². The Balaban J connectivity index is 2.00. The van der Waals surface area contributed by atoms with Gasteiger partial charge in [0.25, 0.3) is 0 Å². The molecule has 0 saturated carbocycles. The van der Waals surface area contributed by atoms with Gasteiger partial charge in [0, 0.05) is 26.2 Å². The van der Waals surface area contributed by atoms with Gasteiger partial charge in [0.05, 0.1) is 17.7 Å². The summed E-state index contributed by atoms with van der Waals surface area (Å²) >= 11 is 3.40. The fourth-order valence-electron chi connectivity index (χ4n) is 2.60. The molecule has 122 valence electrons. The van der Waals surface area contributed by atoms with Crippen molar-refractivity contribution in [1.29, 1.82) is 0 Å². The number of methoxy groups -OCH3 is 1. The molecule has 1 atom stereocenters. The Kier molecular flexibility index (Phi) is 4.32. The van der Waals surface area contributed by atoms with Gasteiger partial charge in [-0.3, -0.25) is 0 Å². The number of aliphatic hydroxyl groups excluding tert-OH is 1. The fourth-order valence-corrected chi connectivity index (χ4v) is 4.95. The summed E-state index contributed by atoms with van der Waals surface area (Å²) < 4.78 is 32.3. The summed E-state index contributed by atoms with van der Waals surface area (Å²) in [6.07, 6.45) is 1.16. The molecule has 0 bridgehead atoms. The van der Waals surface area contributed by atoms with Crippen molar-refractivity contribution in [2.75, 3.05) is 38.2 Å².